The van der Waals surface area contributed by atoms with Crippen LogP contribution < -0.4 is 16.0 Å². The standard InChI is InChI=1S/C20H30ClN5O/c1-22-20(25-17-10-13-26(14-17)18-4-2-3-5-18)24-12-11-23-19(27)15-6-8-16(21)9-7-15/h6-9,17-18H,2-5,10-14H2,1H3,(H,23,27)(H2,22,24,25). The van der Waals surface area contributed by atoms with Gasteiger partial charge in [-0.2, -0.15) is 0 Å². The molecule has 27 heavy (non-hydrogen) atoms. The fourth-order valence-corrected chi connectivity index (χ4v) is 4.08. The van der Waals surface area contributed by atoms with Gasteiger partial charge in [0, 0.05) is 55.9 Å². The van der Waals surface area contributed by atoms with Crippen LogP contribution in [0.2, 0.25) is 5.02 Å². The highest BCUT2D eigenvalue weighted by molar-refractivity contribution is 6.30. The Hall–Kier alpha value is -1.79. The van der Waals surface area contributed by atoms with Crippen LogP contribution in [-0.4, -0.2) is 62.1 Å². The molecule has 148 valence electrons. The average Bonchev–Trinajstić information content (AvgIpc) is 3.36. The van der Waals surface area contributed by atoms with Crippen LogP contribution in [0.3, 0.4) is 0 Å². The maximum Gasteiger partial charge on any atom is 0.251 e. The zero-order valence-corrected chi connectivity index (χ0v) is 16.8. The second-order valence-corrected chi connectivity index (χ2v) is 7.76. The molecule has 6 nitrogen and oxygen atoms in total. The summed E-state index contributed by atoms with van der Waals surface area (Å²) >= 11 is 5.84. The highest BCUT2D eigenvalue weighted by Gasteiger charge is 2.30. The first-order valence-electron chi connectivity index (χ1n) is 9.90. The Kier molecular flexibility index (Phi) is 7.35. The number of hydrogen-bond donors (Lipinski definition) is 3. The first kappa shape index (κ1) is 20.0. The molecule has 1 heterocycles. The highest BCUT2D eigenvalue weighted by Crippen LogP contribution is 2.26. The van der Waals surface area contributed by atoms with Gasteiger partial charge >= 0.3 is 0 Å². The van der Waals surface area contributed by atoms with Crippen molar-refractivity contribution in [3.63, 3.8) is 0 Å². The molecular weight excluding hydrogens is 362 g/mol. The smallest absolute Gasteiger partial charge is 0.251 e. The molecule has 2 aliphatic rings. The summed E-state index contributed by atoms with van der Waals surface area (Å²) in [6.45, 7) is 3.42. The average molecular weight is 392 g/mol. The van der Waals surface area contributed by atoms with Crippen molar-refractivity contribution < 1.29 is 4.79 Å². The largest absolute Gasteiger partial charge is 0.355 e. The molecule has 3 N–H and O–H groups in total. The van der Waals surface area contributed by atoms with Gasteiger partial charge in [-0.3, -0.25) is 14.7 Å². The molecule has 0 aromatic heterocycles. The fraction of sp³-hybridized carbons (Fsp3) is 0.600. The maximum absolute atomic E-state index is 12.1. The van der Waals surface area contributed by atoms with Crippen LogP contribution in [0.25, 0.3) is 0 Å². The van der Waals surface area contributed by atoms with E-state index in [2.05, 4.69) is 25.8 Å². The van der Waals surface area contributed by atoms with Gasteiger partial charge in [0.05, 0.1) is 0 Å². The van der Waals surface area contributed by atoms with Crippen LogP contribution >= 0.6 is 11.6 Å². The molecule has 1 unspecified atom stereocenters. The van der Waals surface area contributed by atoms with E-state index in [4.69, 9.17) is 11.6 Å². The van der Waals surface area contributed by atoms with E-state index < -0.39 is 0 Å². The van der Waals surface area contributed by atoms with E-state index in [1.165, 1.54) is 32.2 Å². The summed E-state index contributed by atoms with van der Waals surface area (Å²) in [7, 11) is 1.78. The van der Waals surface area contributed by atoms with E-state index in [0.29, 0.717) is 29.7 Å². The lowest BCUT2D eigenvalue weighted by molar-refractivity contribution is 0.0954. The predicted octanol–water partition coefficient (Wildman–Crippen LogP) is 2.25. The summed E-state index contributed by atoms with van der Waals surface area (Å²) in [6, 6.07) is 8.12. The van der Waals surface area contributed by atoms with Gasteiger partial charge in [-0.05, 0) is 43.5 Å². The number of nitrogens with zero attached hydrogens (tertiary/aromatic N) is 2. The molecular formula is C20H30ClN5O. The highest BCUT2D eigenvalue weighted by atomic mass is 35.5. The van der Waals surface area contributed by atoms with Gasteiger partial charge < -0.3 is 16.0 Å². The second-order valence-electron chi connectivity index (χ2n) is 7.32. The third-order valence-electron chi connectivity index (χ3n) is 5.43. The number of halogens is 1. The first-order valence-corrected chi connectivity index (χ1v) is 10.3. The van der Waals surface area contributed by atoms with Gasteiger partial charge in [0.15, 0.2) is 5.96 Å². The molecule has 1 aromatic rings. The Labute approximate surface area is 166 Å². The number of rotatable bonds is 6. The molecule has 1 saturated carbocycles. The van der Waals surface area contributed by atoms with Gasteiger partial charge in [-0.15, -0.1) is 0 Å². The summed E-state index contributed by atoms with van der Waals surface area (Å²) in [4.78, 5) is 19.0. The number of amides is 1. The number of guanidine groups is 1. The van der Waals surface area contributed by atoms with Crippen LogP contribution in [0.4, 0.5) is 0 Å². The van der Waals surface area contributed by atoms with Crippen LogP contribution in [0.1, 0.15) is 42.5 Å². The van der Waals surface area contributed by atoms with E-state index in [1.54, 1.807) is 31.3 Å². The Morgan fingerprint density at radius 1 is 1.15 bits per heavy atom. The number of aliphatic imine (C=N–C) groups is 1. The lowest BCUT2D eigenvalue weighted by Gasteiger charge is -2.24. The summed E-state index contributed by atoms with van der Waals surface area (Å²) in [5, 5.41) is 10.3. The number of hydrogen-bond acceptors (Lipinski definition) is 3. The predicted molar refractivity (Wildman–Crippen MR) is 111 cm³/mol. The number of benzene rings is 1. The topological polar surface area (TPSA) is 68.8 Å². The molecule has 3 rings (SSSR count). The van der Waals surface area contributed by atoms with Crippen molar-refractivity contribution in [2.75, 3.05) is 33.2 Å². The minimum absolute atomic E-state index is 0.0978. The molecule has 2 fully saturated rings. The zero-order valence-electron chi connectivity index (χ0n) is 16.0. The fourth-order valence-electron chi connectivity index (χ4n) is 3.95. The van der Waals surface area contributed by atoms with Crippen molar-refractivity contribution in [1.82, 2.24) is 20.9 Å². The molecule has 0 spiro atoms. The molecule has 1 aliphatic carbocycles. The summed E-state index contributed by atoms with van der Waals surface area (Å²) < 4.78 is 0. The Morgan fingerprint density at radius 3 is 2.56 bits per heavy atom. The lowest BCUT2D eigenvalue weighted by atomic mass is 10.2. The van der Waals surface area contributed by atoms with Crippen molar-refractivity contribution in [1.29, 1.82) is 0 Å². The molecule has 1 aliphatic heterocycles. The number of carbonyl (C=O) groups is 1. The van der Waals surface area contributed by atoms with E-state index in [1.807, 2.05) is 0 Å². The molecule has 1 amide bonds. The molecule has 0 bridgehead atoms. The van der Waals surface area contributed by atoms with E-state index in [-0.39, 0.29) is 5.91 Å². The number of likely N-dealkylation sites (tertiary alicyclic amines) is 1. The number of nitrogens with one attached hydrogen (secondary N) is 3. The first-order chi connectivity index (χ1) is 13.2. The summed E-state index contributed by atoms with van der Waals surface area (Å²) in [6.07, 6.45) is 6.62. The van der Waals surface area contributed by atoms with Gasteiger partial charge in [0.1, 0.15) is 0 Å². The second kappa shape index (κ2) is 9.95. The van der Waals surface area contributed by atoms with Gasteiger partial charge in [-0.25, -0.2) is 0 Å². The minimum atomic E-state index is -0.0978. The Bertz CT molecular complexity index is 642. The quantitative estimate of drug-likeness (QED) is 0.395. The number of carbonyl (C=O) groups excluding carboxylic acids is 1. The van der Waals surface area contributed by atoms with Crippen molar-refractivity contribution in [2.45, 2.75) is 44.2 Å². The zero-order chi connectivity index (χ0) is 19.1. The SMILES string of the molecule is CN=C(NCCNC(=O)c1ccc(Cl)cc1)NC1CCN(C2CCCC2)C1. The monoisotopic (exact) mass is 391 g/mol. The Morgan fingerprint density at radius 2 is 1.85 bits per heavy atom. The molecule has 1 saturated heterocycles. The van der Waals surface area contributed by atoms with Gasteiger partial charge in [0.25, 0.3) is 5.91 Å². The van der Waals surface area contributed by atoms with Gasteiger partial charge in [0.2, 0.25) is 0 Å². The van der Waals surface area contributed by atoms with E-state index >= 15 is 0 Å². The van der Waals surface area contributed by atoms with E-state index in [0.717, 1.165) is 25.0 Å². The minimum Gasteiger partial charge on any atom is -0.355 e. The summed E-state index contributed by atoms with van der Waals surface area (Å²) in [5.74, 6) is 0.702. The third kappa shape index (κ3) is 5.84. The summed E-state index contributed by atoms with van der Waals surface area (Å²) in [5.41, 5.74) is 0.611. The van der Waals surface area contributed by atoms with Gasteiger partial charge in [-0.1, -0.05) is 24.4 Å². The van der Waals surface area contributed by atoms with Crippen molar-refractivity contribution in [3.05, 3.63) is 34.9 Å². The van der Waals surface area contributed by atoms with Crippen LogP contribution in [0.15, 0.2) is 29.3 Å². The normalized spacial score (nSPS) is 21.4. The van der Waals surface area contributed by atoms with Crippen LogP contribution in [0.5, 0.6) is 0 Å². The molecule has 7 heteroatoms. The van der Waals surface area contributed by atoms with E-state index in [9.17, 15) is 4.79 Å². The van der Waals surface area contributed by atoms with Crippen molar-refractivity contribution in [3.8, 4) is 0 Å². The Balaban J connectivity index is 1.34. The van der Waals surface area contributed by atoms with Crippen molar-refractivity contribution >= 4 is 23.5 Å². The molecule has 1 atom stereocenters. The van der Waals surface area contributed by atoms with Crippen molar-refractivity contribution in [2.24, 2.45) is 4.99 Å². The lowest BCUT2D eigenvalue weighted by Crippen LogP contribution is -2.47. The van der Waals surface area contributed by atoms with Crippen LogP contribution in [0, 0.1) is 0 Å². The molecule has 0 radical (unpaired) electrons. The molecule has 1 aromatic carbocycles. The maximum atomic E-state index is 12.1. The van der Waals surface area contributed by atoms with Crippen LogP contribution in [-0.2, 0) is 0 Å². The third-order valence-corrected chi connectivity index (χ3v) is 5.69.